The summed E-state index contributed by atoms with van der Waals surface area (Å²) in [7, 11) is 1.10. The third-order valence-corrected chi connectivity index (χ3v) is 5.65. The van der Waals surface area contributed by atoms with Crippen LogP contribution in [-0.4, -0.2) is 54.4 Å². The minimum absolute atomic E-state index is 0.0876. The van der Waals surface area contributed by atoms with Gasteiger partial charge in [-0.25, -0.2) is 13.8 Å². The Morgan fingerprint density at radius 3 is 2.26 bits per heavy atom. The van der Waals surface area contributed by atoms with Crippen molar-refractivity contribution in [2.45, 2.75) is 32.4 Å². The average Bonchev–Trinajstić information content (AvgIpc) is 2.90. The van der Waals surface area contributed by atoms with Crippen molar-refractivity contribution in [2.75, 3.05) is 13.7 Å². The third-order valence-electron chi connectivity index (χ3n) is 5.65. The van der Waals surface area contributed by atoms with Gasteiger partial charge in [-0.15, -0.1) is 0 Å². The molecule has 0 fully saturated rings. The smallest absolute Gasteiger partial charge is 0.308 e. The van der Waals surface area contributed by atoms with Crippen molar-refractivity contribution in [3.63, 3.8) is 0 Å². The van der Waals surface area contributed by atoms with Crippen LogP contribution in [0.5, 0.6) is 5.75 Å². The lowest BCUT2D eigenvalue weighted by Gasteiger charge is -2.24. The molecule has 0 saturated heterocycles. The molecule has 0 aliphatic carbocycles. The van der Waals surface area contributed by atoms with E-state index in [4.69, 9.17) is 4.74 Å². The molecule has 2 aromatic carbocycles. The molecule has 0 radical (unpaired) electrons. The number of nitrogens with zero attached hydrogens (tertiary/aromatic N) is 1. The van der Waals surface area contributed by atoms with Gasteiger partial charge in [-0.05, 0) is 30.2 Å². The lowest BCUT2D eigenvalue weighted by atomic mass is 10.0. The molecule has 38 heavy (non-hydrogen) atoms. The maximum atomic E-state index is 13.9. The van der Waals surface area contributed by atoms with E-state index in [-0.39, 0.29) is 5.69 Å². The van der Waals surface area contributed by atoms with Gasteiger partial charge in [-0.1, -0.05) is 44.2 Å². The summed E-state index contributed by atoms with van der Waals surface area (Å²) in [6.45, 7) is 2.53. The summed E-state index contributed by atoms with van der Waals surface area (Å²) in [5.41, 5.74) is 0.686. The molecule has 11 heteroatoms. The van der Waals surface area contributed by atoms with Crippen LogP contribution in [0.25, 0.3) is 10.9 Å². The fourth-order valence-corrected chi connectivity index (χ4v) is 3.56. The van der Waals surface area contributed by atoms with E-state index in [9.17, 15) is 28.0 Å². The number of ketones is 1. The fourth-order valence-electron chi connectivity index (χ4n) is 3.56. The maximum Gasteiger partial charge on any atom is 0.308 e. The minimum atomic E-state index is -1.44. The van der Waals surface area contributed by atoms with Crippen molar-refractivity contribution in [3.8, 4) is 5.75 Å². The molecule has 0 spiro atoms. The number of rotatable bonds is 11. The quantitative estimate of drug-likeness (QED) is 0.368. The van der Waals surface area contributed by atoms with Crippen LogP contribution in [0.4, 0.5) is 8.78 Å². The zero-order valence-electron chi connectivity index (χ0n) is 21.0. The van der Waals surface area contributed by atoms with Gasteiger partial charge in [-0.3, -0.25) is 19.2 Å². The van der Waals surface area contributed by atoms with Crippen LogP contribution < -0.4 is 15.4 Å². The van der Waals surface area contributed by atoms with E-state index in [1.807, 2.05) is 12.1 Å². The van der Waals surface area contributed by atoms with E-state index in [0.717, 1.165) is 30.7 Å². The number of halogens is 2. The second kappa shape index (κ2) is 12.7. The molecule has 9 nitrogen and oxygen atoms in total. The highest BCUT2D eigenvalue weighted by atomic mass is 19.1. The molecule has 3 rings (SSSR count). The number of Topliss-reactive ketones (excluding diaryl/α,β-unsaturated/α-hetero) is 1. The molecule has 0 aliphatic heterocycles. The van der Waals surface area contributed by atoms with Crippen molar-refractivity contribution >= 4 is 34.5 Å². The van der Waals surface area contributed by atoms with E-state index in [0.29, 0.717) is 5.52 Å². The van der Waals surface area contributed by atoms with Crippen LogP contribution in [0, 0.1) is 17.6 Å². The van der Waals surface area contributed by atoms with Crippen molar-refractivity contribution in [1.82, 2.24) is 15.6 Å². The predicted molar refractivity (Wildman–Crippen MR) is 133 cm³/mol. The van der Waals surface area contributed by atoms with Gasteiger partial charge in [0.2, 0.25) is 5.91 Å². The molecule has 0 saturated carbocycles. The number of hydrogen-bond donors (Lipinski definition) is 2. The first-order chi connectivity index (χ1) is 18.1. The highest BCUT2D eigenvalue weighted by Crippen LogP contribution is 2.21. The number of methoxy groups -OCH3 is 1. The Balaban J connectivity index is 1.73. The van der Waals surface area contributed by atoms with Gasteiger partial charge in [0.1, 0.15) is 24.4 Å². The predicted octanol–water partition coefficient (Wildman–Crippen LogP) is 2.96. The molecule has 1 heterocycles. The standard InChI is InChI=1S/C27H27F2N3O6/c1-15(2)24(32-26(35)20-12-11-16-7-4-5-10-19(16)30-20)27(36)31-21(13-23(34)37-3)22(33)14-38-25-17(28)8-6-9-18(25)29/h4-12,15,21,24H,13-14H2,1-3H3,(H,31,36)(H,32,35)/t21?,24-/m0/s1. The average molecular weight is 528 g/mol. The molecular weight excluding hydrogens is 500 g/mol. The molecule has 2 atom stereocenters. The summed E-state index contributed by atoms with van der Waals surface area (Å²) in [4.78, 5) is 55.0. The number of hydrogen-bond acceptors (Lipinski definition) is 7. The van der Waals surface area contributed by atoms with Gasteiger partial charge >= 0.3 is 5.97 Å². The summed E-state index contributed by atoms with van der Waals surface area (Å²) in [5.74, 6) is -6.24. The number of benzene rings is 2. The number of amides is 2. The summed E-state index contributed by atoms with van der Waals surface area (Å²) < 4.78 is 37.3. The van der Waals surface area contributed by atoms with Crippen molar-refractivity contribution < 1.29 is 37.4 Å². The first kappa shape index (κ1) is 28.2. The molecule has 0 aliphatic rings. The highest BCUT2D eigenvalue weighted by molar-refractivity contribution is 5.99. The first-order valence-electron chi connectivity index (χ1n) is 11.7. The molecule has 2 N–H and O–H groups in total. The topological polar surface area (TPSA) is 124 Å². The maximum absolute atomic E-state index is 13.9. The second-order valence-electron chi connectivity index (χ2n) is 8.73. The normalized spacial score (nSPS) is 12.5. The van der Waals surface area contributed by atoms with Crippen molar-refractivity contribution in [1.29, 1.82) is 0 Å². The summed E-state index contributed by atoms with van der Waals surface area (Å²) >= 11 is 0. The van der Waals surface area contributed by atoms with Crippen molar-refractivity contribution in [2.24, 2.45) is 5.92 Å². The number of carbonyl (C=O) groups is 4. The Bertz CT molecular complexity index is 1330. The lowest BCUT2D eigenvalue weighted by molar-refractivity contribution is -0.143. The van der Waals surface area contributed by atoms with Crippen LogP contribution in [0.3, 0.4) is 0 Å². The number of para-hydroxylation sites is 2. The van der Waals surface area contributed by atoms with Gasteiger partial charge in [0, 0.05) is 5.39 Å². The van der Waals surface area contributed by atoms with E-state index >= 15 is 0 Å². The van der Waals surface area contributed by atoms with Crippen LogP contribution >= 0.6 is 0 Å². The number of carbonyl (C=O) groups excluding carboxylic acids is 4. The van der Waals surface area contributed by atoms with E-state index in [1.165, 1.54) is 6.07 Å². The molecule has 2 amide bonds. The SMILES string of the molecule is COC(=O)CC(NC(=O)[C@@H](NC(=O)c1ccc2ccccc2n1)C(C)C)C(=O)COc1c(F)cccc1F. The zero-order chi connectivity index (χ0) is 27.8. The highest BCUT2D eigenvalue weighted by Gasteiger charge is 2.31. The van der Waals surface area contributed by atoms with Crippen molar-refractivity contribution in [3.05, 3.63) is 71.9 Å². The Labute approximate surface area is 217 Å². The van der Waals surface area contributed by atoms with Gasteiger partial charge in [0.05, 0.1) is 19.0 Å². The number of pyridine rings is 1. The van der Waals surface area contributed by atoms with Crippen LogP contribution in [0.15, 0.2) is 54.6 Å². The number of aromatic nitrogens is 1. The lowest BCUT2D eigenvalue weighted by Crippen LogP contribution is -2.54. The molecule has 1 unspecified atom stereocenters. The summed E-state index contributed by atoms with van der Waals surface area (Å²) in [5, 5.41) is 5.87. The first-order valence-corrected chi connectivity index (χ1v) is 11.7. The third kappa shape index (κ3) is 7.09. The molecule has 3 aromatic rings. The summed E-state index contributed by atoms with van der Waals surface area (Å²) in [6.07, 6.45) is -0.560. The van der Waals surface area contributed by atoms with E-state index in [2.05, 4.69) is 20.4 Å². The number of nitrogens with one attached hydrogen (secondary N) is 2. The van der Waals surface area contributed by atoms with Crippen LogP contribution in [0.2, 0.25) is 0 Å². The molecule has 1 aromatic heterocycles. The number of esters is 1. The van der Waals surface area contributed by atoms with Gasteiger partial charge in [0.25, 0.3) is 5.91 Å². The Morgan fingerprint density at radius 1 is 0.921 bits per heavy atom. The molecule has 200 valence electrons. The Hall–Kier alpha value is -4.41. The van der Waals surface area contributed by atoms with Gasteiger partial charge in [0.15, 0.2) is 23.2 Å². The Morgan fingerprint density at radius 2 is 1.61 bits per heavy atom. The second-order valence-corrected chi connectivity index (χ2v) is 8.73. The van der Waals surface area contributed by atoms with Gasteiger partial charge < -0.3 is 20.1 Å². The number of ether oxygens (including phenoxy) is 2. The van der Waals surface area contributed by atoms with Gasteiger partial charge in [-0.2, -0.15) is 0 Å². The summed E-state index contributed by atoms with van der Waals surface area (Å²) in [6, 6.07) is 11.0. The zero-order valence-corrected chi connectivity index (χ0v) is 21.0. The largest absolute Gasteiger partial charge is 0.480 e. The monoisotopic (exact) mass is 527 g/mol. The number of fused-ring (bicyclic) bond motifs is 1. The van der Waals surface area contributed by atoms with Crippen LogP contribution in [-0.2, 0) is 19.1 Å². The molecule has 0 bridgehead atoms. The van der Waals surface area contributed by atoms with E-state index in [1.54, 1.807) is 32.0 Å². The minimum Gasteiger partial charge on any atom is -0.480 e. The Kier molecular flexibility index (Phi) is 9.42. The van der Waals surface area contributed by atoms with Crippen LogP contribution in [0.1, 0.15) is 30.8 Å². The fraction of sp³-hybridized carbons (Fsp3) is 0.296. The molecular formula is C27H27F2N3O6. The van der Waals surface area contributed by atoms with E-state index < -0.39 is 72.0 Å².